The molecule has 1 aliphatic heterocycles. The first kappa shape index (κ1) is 12.7. The summed E-state index contributed by atoms with van der Waals surface area (Å²) in [5.41, 5.74) is 0. The van der Waals surface area contributed by atoms with Crippen LogP contribution in [0, 0.1) is 5.92 Å². The molecule has 0 saturated carbocycles. The van der Waals surface area contributed by atoms with Gasteiger partial charge in [0.1, 0.15) is 0 Å². The van der Waals surface area contributed by atoms with E-state index >= 15 is 0 Å². The van der Waals surface area contributed by atoms with Crippen molar-refractivity contribution < 1.29 is 0 Å². The molecule has 0 amide bonds. The van der Waals surface area contributed by atoms with Gasteiger partial charge in [0, 0.05) is 43.2 Å². The highest BCUT2D eigenvalue weighted by atomic mass is 127. The minimum atomic E-state index is 0.782. The fraction of sp³-hybridized carbons (Fsp3) is 1.00. The molecule has 1 unspecified atom stereocenters. The summed E-state index contributed by atoms with van der Waals surface area (Å²) in [6.07, 6.45) is 0. The van der Waals surface area contributed by atoms with Crippen LogP contribution in [0.2, 0.25) is 0 Å². The van der Waals surface area contributed by atoms with E-state index in [1.54, 1.807) is 0 Å². The van der Waals surface area contributed by atoms with E-state index < -0.39 is 0 Å². The summed E-state index contributed by atoms with van der Waals surface area (Å²) in [7, 11) is 0. The predicted octanol–water partition coefficient (Wildman–Crippen LogP) is 2.08. The van der Waals surface area contributed by atoms with Crippen LogP contribution in [0.15, 0.2) is 0 Å². The van der Waals surface area contributed by atoms with Crippen LogP contribution in [0.1, 0.15) is 20.8 Å². The Bertz CT molecular complexity index is 133. The lowest BCUT2D eigenvalue weighted by atomic mass is 10.2. The summed E-state index contributed by atoms with van der Waals surface area (Å²) >= 11 is 2.51. The predicted molar refractivity (Wildman–Crippen MR) is 71.2 cm³/mol. The Morgan fingerprint density at radius 1 is 0.929 bits per heavy atom. The second-order valence-corrected chi connectivity index (χ2v) is 6.90. The van der Waals surface area contributed by atoms with Gasteiger partial charge in [-0.1, -0.05) is 43.4 Å². The lowest BCUT2D eigenvalue weighted by molar-refractivity contribution is 0.124. The van der Waals surface area contributed by atoms with Crippen molar-refractivity contribution in [1.82, 2.24) is 9.80 Å². The Kier molecular flexibility index (Phi) is 5.71. The van der Waals surface area contributed by atoms with Crippen molar-refractivity contribution in [1.29, 1.82) is 0 Å². The number of hydrogen-bond donors (Lipinski definition) is 0. The molecule has 1 atom stereocenters. The average Bonchev–Trinajstić information content (AvgIpc) is 2.06. The Morgan fingerprint density at radius 2 is 1.36 bits per heavy atom. The van der Waals surface area contributed by atoms with Crippen molar-refractivity contribution in [3.63, 3.8) is 0 Å². The molecular weight excluding hydrogens is 287 g/mol. The molecular formula is C11H23IN2. The van der Waals surface area contributed by atoms with E-state index in [4.69, 9.17) is 0 Å². The fourth-order valence-electron chi connectivity index (χ4n) is 2.03. The molecule has 0 radical (unpaired) electrons. The monoisotopic (exact) mass is 310 g/mol. The maximum Gasteiger partial charge on any atom is 0.0209 e. The molecule has 0 aromatic carbocycles. The second-order valence-electron chi connectivity index (χ2n) is 4.78. The van der Waals surface area contributed by atoms with E-state index in [-0.39, 0.29) is 0 Å². The van der Waals surface area contributed by atoms with Gasteiger partial charge >= 0.3 is 0 Å². The van der Waals surface area contributed by atoms with Gasteiger partial charge in [-0.05, 0) is 5.92 Å². The zero-order valence-corrected chi connectivity index (χ0v) is 11.8. The minimum absolute atomic E-state index is 0.782. The standard InChI is InChI=1S/C11H23IN2/c1-10(2)8-13-4-6-14(7-5-13)9-11(3)12/h10-11H,4-9H2,1-3H3. The molecule has 1 heterocycles. The highest BCUT2D eigenvalue weighted by molar-refractivity contribution is 14.1. The largest absolute Gasteiger partial charge is 0.301 e. The number of piperazine rings is 1. The smallest absolute Gasteiger partial charge is 0.0209 e. The molecule has 0 aliphatic carbocycles. The van der Waals surface area contributed by atoms with Crippen LogP contribution in [0.25, 0.3) is 0 Å². The van der Waals surface area contributed by atoms with Crippen molar-refractivity contribution in [2.45, 2.75) is 24.7 Å². The van der Waals surface area contributed by atoms with Crippen molar-refractivity contribution in [3.05, 3.63) is 0 Å². The third-order valence-electron chi connectivity index (χ3n) is 2.60. The van der Waals surface area contributed by atoms with Gasteiger partial charge in [-0.25, -0.2) is 0 Å². The molecule has 3 heteroatoms. The lowest BCUT2D eigenvalue weighted by Crippen LogP contribution is -2.48. The average molecular weight is 310 g/mol. The SMILES string of the molecule is CC(C)CN1CCN(CC(C)I)CC1. The van der Waals surface area contributed by atoms with E-state index in [2.05, 4.69) is 53.2 Å². The zero-order valence-electron chi connectivity index (χ0n) is 9.67. The molecule has 0 aromatic rings. The normalized spacial score (nSPS) is 22.9. The van der Waals surface area contributed by atoms with E-state index in [1.807, 2.05) is 0 Å². The fourth-order valence-corrected chi connectivity index (χ4v) is 2.58. The number of hydrogen-bond acceptors (Lipinski definition) is 2. The van der Waals surface area contributed by atoms with Gasteiger partial charge in [-0.3, -0.25) is 4.90 Å². The molecule has 84 valence electrons. The Labute approximate surface area is 102 Å². The summed E-state index contributed by atoms with van der Waals surface area (Å²) in [4.78, 5) is 5.19. The minimum Gasteiger partial charge on any atom is -0.301 e. The summed E-state index contributed by atoms with van der Waals surface area (Å²) in [5.74, 6) is 0.810. The molecule has 1 saturated heterocycles. The number of rotatable bonds is 4. The Hall–Kier alpha value is 0.650. The van der Waals surface area contributed by atoms with E-state index in [1.165, 1.54) is 39.3 Å². The zero-order chi connectivity index (χ0) is 10.6. The Balaban J connectivity index is 2.17. The highest BCUT2D eigenvalue weighted by Gasteiger charge is 2.17. The van der Waals surface area contributed by atoms with Crippen LogP contribution >= 0.6 is 22.6 Å². The van der Waals surface area contributed by atoms with Gasteiger partial charge in [0.2, 0.25) is 0 Å². The quantitative estimate of drug-likeness (QED) is 0.579. The topological polar surface area (TPSA) is 6.48 Å². The van der Waals surface area contributed by atoms with Gasteiger partial charge in [-0.2, -0.15) is 0 Å². The first-order valence-corrected chi connectivity index (χ1v) is 6.91. The molecule has 1 fully saturated rings. The first-order chi connectivity index (χ1) is 6.58. The summed E-state index contributed by atoms with van der Waals surface area (Å²) in [6, 6.07) is 0. The molecule has 0 aromatic heterocycles. The van der Waals surface area contributed by atoms with Gasteiger partial charge in [0.05, 0.1) is 0 Å². The maximum atomic E-state index is 2.60. The summed E-state index contributed by atoms with van der Waals surface area (Å²) < 4.78 is 0.782. The first-order valence-electron chi connectivity index (χ1n) is 5.66. The number of halogens is 1. The van der Waals surface area contributed by atoms with Crippen molar-refractivity contribution >= 4 is 22.6 Å². The molecule has 0 bridgehead atoms. The van der Waals surface area contributed by atoms with Crippen molar-refractivity contribution in [2.24, 2.45) is 5.92 Å². The molecule has 14 heavy (non-hydrogen) atoms. The van der Waals surface area contributed by atoms with Crippen LogP contribution < -0.4 is 0 Å². The second kappa shape index (κ2) is 6.28. The molecule has 0 spiro atoms. The maximum absolute atomic E-state index is 2.60. The van der Waals surface area contributed by atoms with Crippen LogP contribution in [-0.4, -0.2) is 53.0 Å². The van der Waals surface area contributed by atoms with Crippen LogP contribution in [-0.2, 0) is 0 Å². The van der Waals surface area contributed by atoms with E-state index in [0.29, 0.717) is 0 Å². The third kappa shape index (κ3) is 4.94. The van der Waals surface area contributed by atoms with Crippen molar-refractivity contribution in [3.8, 4) is 0 Å². The Morgan fingerprint density at radius 3 is 1.71 bits per heavy atom. The summed E-state index contributed by atoms with van der Waals surface area (Å²) in [6.45, 7) is 14.5. The number of nitrogens with zero attached hydrogens (tertiary/aromatic N) is 2. The third-order valence-corrected chi connectivity index (χ3v) is 2.99. The highest BCUT2D eigenvalue weighted by Crippen LogP contribution is 2.08. The molecule has 1 aliphatic rings. The van der Waals surface area contributed by atoms with Crippen LogP contribution in [0.5, 0.6) is 0 Å². The van der Waals surface area contributed by atoms with Crippen LogP contribution in [0.3, 0.4) is 0 Å². The van der Waals surface area contributed by atoms with Crippen LogP contribution in [0.4, 0.5) is 0 Å². The van der Waals surface area contributed by atoms with Gasteiger partial charge < -0.3 is 4.90 Å². The van der Waals surface area contributed by atoms with E-state index in [9.17, 15) is 0 Å². The van der Waals surface area contributed by atoms with Gasteiger partial charge in [-0.15, -0.1) is 0 Å². The van der Waals surface area contributed by atoms with Gasteiger partial charge in [0.25, 0.3) is 0 Å². The summed E-state index contributed by atoms with van der Waals surface area (Å²) in [5, 5.41) is 0. The van der Waals surface area contributed by atoms with E-state index in [0.717, 1.165) is 9.84 Å². The number of alkyl halides is 1. The molecule has 1 rings (SSSR count). The van der Waals surface area contributed by atoms with Crippen molar-refractivity contribution in [2.75, 3.05) is 39.3 Å². The molecule has 0 N–H and O–H groups in total. The molecule has 2 nitrogen and oxygen atoms in total. The lowest BCUT2D eigenvalue weighted by Gasteiger charge is -2.36. The van der Waals surface area contributed by atoms with Gasteiger partial charge in [0.15, 0.2) is 0 Å².